The van der Waals surface area contributed by atoms with E-state index < -0.39 is 28.8 Å². The lowest BCUT2D eigenvalue weighted by atomic mass is 10.0. The largest absolute Gasteiger partial charge is 0.489 e. The van der Waals surface area contributed by atoms with Gasteiger partial charge in [-0.15, -0.1) is 11.3 Å². The van der Waals surface area contributed by atoms with Gasteiger partial charge >= 0.3 is 12.1 Å². The van der Waals surface area contributed by atoms with Gasteiger partial charge in [0.1, 0.15) is 36.0 Å². The smallest absolute Gasteiger partial charge is 0.416 e. The second kappa shape index (κ2) is 10.3. The Morgan fingerprint density at radius 1 is 1.17 bits per heavy atom. The normalized spacial score (nSPS) is 11.4. The Bertz CT molecular complexity index is 2020. The number of alkyl halides is 3. The quantitative estimate of drug-likeness (QED) is 0.297. The first kappa shape index (κ1) is 27.2. The number of aromatic nitrogens is 4. The summed E-state index contributed by atoms with van der Waals surface area (Å²) in [6, 6.07) is 8.08. The number of hydrogen-bond donors (Lipinski definition) is 1. The molecule has 0 aliphatic carbocycles. The number of hydrogen-bond acceptors (Lipinski definition) is 9. The predicted molar refractivity (Wildman–Crippen MR) is 140 cm³/mol. The van der Waals surface area contributed by atoms with E-state index in [4.69, 9.17) is 4.74 Å². The van der Waals surface area contributed by atoms with Crippen LogP contribution in [-0.2, 0) is 12.7 Å². The summed E-state index contributed by atoms with van der Waals surface area (Å²) in [4.78, 5) is 37.2. The van der Waals surface area contributed by atoms with Crippen LogP contribution in [-0.4, -0.2) is 37.2 Å². The number of aryl methyl sites for hydroxylation is 1. The van der Waals surface area contributed by atoms with Crippen LogP contribution in [0.15, 0.2) is 46.8 Å². The molecule has 0 amide bonds. The minimum absolute atomic E-state index is 0.0293. The van der Waals surface area contributed by atoms with Gasteiger partial charge in [-0.25, -0.2) is 14.8 Å². The van der Waals surface area contributed by atoms with Crippen molar-refractivity contribution in [3.63, 3.8) is 0 Å². The second-order valence-electron chi connectivity index (χ2n) is 8.66. The minimum Gasteiger partial charge on any atom is -0.489 e. The average molecular weight is 577 g/mol. The molecule has 10 nitrogen and oxygen atoms in total. The van der Waals surface area contributed by atoms with E-state index in [1.54, 1.807) is 12.1 Å². The number of carboxylic acid groups (broad SMARTS) is 1. The van der Waals surface area contributed by atoms with Crippen molar-refractivity contribution in [3.05, 3.63) is 80.6 Å². The molecule has 0 spiro atoms. The summed E-state index contributed by atoms with van der Waals surface area (Å²) in [6.45, 7) is 1.26. The van der Waals surface area contributed by atoms with Gasteiger partial charge in [0.25, 0.3) is 5.56 Å². The van der Waals surface area contributed by atoms with Crippen molar-refractivity contribution in [2.45, 2.75) is 19.6 Å². The van der Waals surface area contributed by atoms with E-state index in [2.05, 4.69) is 15.0 Å². The predicted octanol–water partition coefficient (Wildman–Crippen LogP) is 4.92. The molecule has 41 heavy (non-hydrogen) atoms. The Kier molecular flexibility index (Phi) is 6.86. The summed E-state index contributed by atoms with van der Waals surface area (Å²) in [5.74, 6) is -0.791. The van der Waals surface area contributed by atoms with Crippen molar-refractivity contribution in [3.8, 4) is 29.0 Å². The third kappa shape index (κ3) is 4.92. The average Bonchev–Trinajstić information content (AvgIpc) is 3.38. The van der Waals surface area contributed by atoms with Gasteiger partial charge in [-0.3, -0.25) is 14.3 Å². The van der Waals surface area contributed by atoms with E-state index >= 15 is 0 Å². The first-order valence-electron chi connectivity index (χ1n) is 11.7. The Labute approximate surface area is 232 Å². The molecule has 0 bridgehead atoms. The molecule has 4 aromatic heterocycles. The summed E-state index contributed by atoms with van der Waals surface area (Å²) >= 11 is 1.16. The topological polar surface area (TPSA) is 155 Å². The van der Waals surface area contributed by atoms with E-state index in [0.29, 0.717) is 21.9 Å². The summed E-state index contributed by atoms with van der Waals surface area (Å²) in [7, 11) is 0. The summed E-state index contributed by atoms with van der Waals surface area (Å²) in [5.41, 5.74) is -1.09. The number of ether oxygens (including phenoxy) is 1. The van der Waals surface area contributed by atoms with Crippen LogP contribution in [0.25, 0.3) is 32.2 Å². The highest BCUT2D eigenvalue weighted by molar-refractivity contribution is 7.18. The van der Waals surface area contributed by atoms with Crippen LogP contribution in [0.5, 0.6) is 5.75 Å². The fourth-order valence-electron chi connectivity index (χ4n) is 4.34. The molecule has 5 rings (SSSR count). The van der Waals surface area contributed by atoms with Crippen molar-refractivity contribution in [1.29, 1.82) is 10.5 Å². The number of fused-ring (bicyclic) bond motifs is 2. The maximum atomic E-state index is 13.3. The lowest BCUT2D eigenvalue weighted by Gasteiger charge is -2.15. The maximum Gasteiger partial charge on any atom is 0.416 e. The summed E-state index contributed by atoms with van der Waals surface area (Å²) < 4.78 is 47.5. The molecule has 0 fully saturated rings. The first-order chi connectivity index (χ1) is 19.5. The molecule has 0 radical (unpaired) electrons. The zero-order valence-corrected chi connectivity index (χ0v) is 21.7. The first-order valence-corrected chi connectivity index (χ1v) is 12.6. The van der Waals surface area contributed by atoms with Gasteiger partial charge < -0.3 is 9.84 Å². The number of aromatic carboxylic acids is 1. The van der Waals surface area contributed by atoms with Gasteiger partial charge in [-0.2, -0.15) is 23.7 Å². The van der Waals surface area contributed by atoms with Crippen LogP contribution >= 0.6 is 11.3 Å². The molecule has 0 aliphatic heterocycles. The van der Waals surface area contributed by atoms with Crippen LogP contribution in [0.2, 0.25) is 0 Å². The number of rotatable bonds is 6. The van der Waals surface area contributed by atoms with Crippen LogP contribution in [0.1, 0.15) is 33.0 Å². The van der Waals surface area contributed by atoms with Crippen molar-refractivity contribution in [2.24, 2.45) is 0 Å². The Hall–Kier alpha value is -5.34. The lowest BCUT2D eigenvalue weighted by Crippen LogP contribution is -2.27. The number of carbonyl (C=O) groups is 1. The van der Waals surface area contributed by atoms with Crippen molar-refractivity contribution >= 4 is 38.4 Å². The standard InChI is InChI=1S/C27H15F3N6O4S/c1-13-35-20-7-15(27(28,29)30)6-14(9-31)22(20)25(37)36(13)4-5-40-21-11-34-16(10-32)8-18(21)17-2-3-33-23-19(26(38)39)12-41-24(17)23/h2-3,6-8,11-12H,4-5H2,1H3,(H,38,39). The van der Waals surface area contributed by atoms with E-state index in [0.717, 1.165) is 17.4 Å². The van der Waals surface area contributed by atoms with Crippen molar-refractivity contribution in [1.82, 2.24) is 19.5 Å². The van der Waals surface area contributed by atoms with Gasteiger partial charge in [0.2, 0.25) is 0 Å². The highest BCUT2D eigenvalue weighted by Gasteiger charge is 2.32. The van der Waals surface area contributed by atoms with E-state index in [-0.39, 0.29) is 52.4 Å². The van der Waals surface area contributed by atoms with Crippen LogP contribution in [0.3, 0.4) is 0 Å². The molecular formula is C27H15F3N6O4S. The van der Waals surface area contributed by atoms with E-state index in [1.165, 1.54) is 35.3 Å². The highest BCUT2D eigenvalue weighted by atomic mass is 32.1. The molecule has 204 valence electrons. The molecule has 0 unspecified atom stereocenters. The van der Waals surface area contributed by atoms with Crippen LogP contribution < -0.4 is 10.3 Å². The Balaban J connectivity index is 1.51. The molecule has 4 heterocycles. The van der Waals surface area contributed by atoms with Gasteiger partial charge in [0.15, 0.2) is 0 Å². The molecule has 1 N–H and O–H groups in total. The number of pyridine rings is 2. The van der Waals surface area contributed by atoms with Gasteiger partial charge in [0.05, 0.1) is 50.6 Å². The maximum absolute atomic E-state index is 13.3. The van der Waals surface area contributed by atoms with Crippen molar-refractivity contribution < 1.29 is 27.8 Å². The molecule has 0 aliphatic rings. The number of carboxylic acids is 1. The molecule has 0 atom stereocenters. The number of halogens is 3. The second-order valence-corrected chi connectivity index (χ2v) is 9.54. The zero-order valence-electron chi connectivity index (χ0n) is 20.9. The molecule has 14 heteroatoms. The fraction of sp³-hybridized carbons (Fsp3) is 0.148. The Morgan fingerprint density at radius 2 is 1.95 bits per heavy atom. The van der Waals surface area contributed by atoms with Gasteiger partial charge in [-0.1, -0.05) is 0 Å². The molecular weight excluding hydrogens is 561 g/mol. The minimum atomic E-state index is -4.72. The number of thiophene rings is 1. The van der Waals surface area contributed by atoms with E-state index in [9.17, 15) is 38.4 Å². The fourth-order valence-corrected chi connectivity index (χ4v) is 5.37. The Morgan fingerprint density at radius 3 is 2.63 bits per heavy atom. The number of nitriles is 2. The molecule has 5 aromatic rings. The van der Waals surface area contributed by atoms with E-state index in [1.807, 2.05) is 6.07 Å². The highest BCUT2D eigenvalue weighted by Crippen LogP contribution is 2.38. The summed E-state index contributed by atoms with van der Waals surface area (Å²) in [6.07, 6.45) is -1.95. The number of benzene rings is 1. The number of nitrogens with zero attached hydrogens (tertiary/aromatic N) is 6. The lowest BCUT2D eigenvalue weighted by molar-refractivity contribution is -0.137. The third-order valence-corrected chi connectivity index (χ3v) is 7.23. The zero-order chi connectivity index (χ0) is 29.5. The van der Waals surface area contributed by atoms with Crippen LogP contribution in [0.4, 0.5) is 13.2 Å². The monoisotopic (exact) mass is 576 g/mol. The summed E-state index contributed by atoms with van der Waals surface area (Å²) in [5, 5.41) is 29.5. The van der Waals surface area contributed by atoms with Gasteiger partial charge in [0, 0.05) is 22.7 Å². The van der Waals surface area contributed by atoms with Crippen LogP contribution in [0, 0.1) is 29.6 Å². The molecule has 1 aromatic carbocycles. The van der Waals surface area contributed by atoms with Crippen molar-refractivity contribution in [2.75, 3.05) is 6.61 Å². The molecule has 0 saturated carbocycles. The molecule has 0 saturated heterocycles. The van der Waals surface area contributed by atoms with Gasteiger partial charge in [-0.05, 0) is 31.2 Å². The SMILES string of the molecule is Cc1nc2cc(C(F)(F)F)cc(C#N)c2c(=O)n1CCOc1cnc(C#N)cc1-c1ccnc2c(C(=O)O)csc12. The third-order valence-electron chi connectivity index (χ3n) is 6.23.